The number of carbonyl (C=O) groups excluding carboxylic acids is 2. The van der Waals surface area contributed by atoms with Crippen LogP contribution in [0.2, 0.25) is 5.02 Å². The number of amides is 3. The van der Waals surface area contributed by atoms with Gasteiger partial charge in [0.25, 0.3) is 5.91 Å². The molecule has 47 heavy (non-hydrogen) atoms. The molecule has 1 saturated heterocycles. The molecule has 3 amide bonds. The standard InChI is InChI=1S/C35H43ClN4O6S/c1-44-28-19-40(20-28)35(42)38-47(43)21-26-8-12-30(26)33(45-2)29-11-7-25(29)18-39-17-24-6-10-27(36)15-22(24)5-3-4-14-46-32-13-9-23(16-31(32)39)34(41)37-47/h6,9-10,12-13,15-16,25-26,28-29,33H,3-5,7-8,11,14,17-21H2,1-2H3,(H,37,38,41,42,43)/t25-,26+,29+,33+,47?/m0/s1. The van der Waals surface area contributed by atoms with Gasteiger partial charge in [-0.2, -0.15) is 0 Å². The van der Waals surface area contributed by atoms with E-state index in [9.17, 15) is 13.8 Å². The van der Waals surface area contributed by atoms with Crippen LogP contribution in [-0.2, 0) is 32.4 Å². The number of nitrogens with zero attached hydrogens (tertiary/aromatic N) is 3. The van der Waals surface area contributed by atoms with Crippen LogP contribution < -0.4 is 14.4 Å². The van der Waals surface area contributed by atoms with Gasteiger partial charge in [0.05, 0.1) is 43.3 Å². The van der Waals surface area contributed by atoms with E-state index in [4.69, 9.17) is 25.8 Å². The average molecular weight is 683 g/mol. The van der Waals surface area contributed by atoms with E-state index in [1.807, 2.05) is 18.2 Å². The molecular formula is C35H43ClN4O6S. The van der Waals surface area contributed by atoms with Gasteiger partial charge in [-0.1, -0.05) is 23.7 Å². The highest BCUT2D eigenvalue weighted by Crippen LogP contribution is 2.47. The maximum Gasteiger partial charge on any atom is 0.330 e. The summed E-state index contributed by atoms with van der Waals surface area (Å²) in [5.41, 5.74) is 4.60. The largest absolute Gasteiger partial charge is 0.491 e. The minimum Gasteiger partial charge on any atom is -0.491 e. The van der Waals surface area contributed by atoms with Crippen LogP contribution in [0.3, 0.4) is 0 Å². The number of urea groups is 1. The molecule has 12 heteroatoms. The lowest BCUT2D eigenvalue weighted by Gasteiger charge is -2.47. The molecular weight excluding hydrogens is 640 g/mol. The number of methoxy groups -OCH3 is 2. The highest BCUT2D eigenvalue weighted by molar-refractivity contribution is 7.92. The van der Waals surface area contributed by atoms with E-state index in [0.717, 1.165) is 54.9 Å². The second-order valence-electron chi connectivity index (χ2n) is 13.4. The van der Waals surface area contributed by atoms with Gasteiger partial charge >= 0.3 is 6.03 Å². The van der Waals surface area contributed by atoms with E-state index in [-0.39, 0.29) is 29.8 Å². The molecule has 10 nitrogen and oxygen atoms in total. The van der Waals surface area contributed by atoms with Crippen molar-refractivity contribution in [3.05, 3.63) is 69.8 Å². The predicted octanol–water partition coefficient (Wildman–Crippen LogP) is 5.63. The van der Waals surface area contributed by atoms with E-state index >= 15 is 0 Å². The maximum atomic E-state index is 14.5. The summed E-state index contributed by atoms with van der Waals surface area (Å²) in [4.78, 5) is 31.0. The molecule has 5 atom stereocenters. The molecule has 0 spiro atoms. The number of hydrogen-bond donors (Lipinski definition) is 1. The van der Waals surface area contributed by atoms with Crippen molar-refractivity contribution in [1.82, 2.24) is 9.62 Å². The number of benzene rings is 2. The Labute approximate surface area is 282 Å². The van der Waals surface area contributed by atoms with Gasteiger partial charge in [0, 0.05) is 37.9 Å². The molecule has 1 unspecified atom stereocenters. The average Bonchev–Trinajstić information content (AvgIpc) is 3.03. The fourth-order valence-electron chi connectivity index (χ4n) is 7.56. The highest BCUT2D eigenvalue weighted by atomic mass is 35.5. The van der Waals surface area contributed by atoms with Gasteiger partial charge in [-0.05, 0) is 103 Å². The van der Waals surface area contributed by atoms with Gasteiger partial charge in [0.15, 0.2) is 0 Å². The first kappa shape index (κ1) is 32.4. The molecule has 0 radical (unpaired) electrons. The highest BCUT2D eigenvalue weighted by Gasteiger charge is 2.44. The number of likely N-dealkylation sites (tertiary alicyclic amines) is 1. The molecule has 1 N–H and O–H groups in total. The number of nitrogens with one attached hydrogen (secondary N) is 1. The number of allylic oxidation sites excluding steroid dienone is 1. The third kappa shape index (κ3) is 6.64. The van der Waals surface area contributed by atoms with Crippen LogP contribution in [0.25, 0.3) is 0 Å². The van der Waals surface area contributed by atoms with Gasteiger partial charge in [0.2, 0.25) is 0 Å². The molecule has 3 heterocycles. The summed E-state index contributed by atoms with van der Waals surface area (Å²) in [6, 6.07) is 10.9. The molecule has 2 fully saturated rings. The summed E-state index contributed by atoms with van der Waals surface area (Å²) in [6.07, 6.45) is 7.49. The van der Waals surface area contributed by atoms with Crippen LogP contribution in [-0.4, -0.2) is 79.5 Å². The summed E-state index contributed by atoms with van der Waals surface area (Å²) in [5.74, 6) is 0.624. The Morgan fingerprint density at radius 1 is 1.06 bits per heavy atom. The smallest absolute Gasteiger partial charge is 0.330 e. The Morgan fingerprint density at radius 3 is 2.64 bits per heavy atom. The topological polar surface area (TPSA) is 110 Å². The minimum absolute atomic E-state index is 0.0502. The third-order valence-corrected chi connectivity index (χ3v) is 12.6. The molecule has 0 aromatic heterocycles. The Balaban J connectivity index is 1.31. The third-order valence-electron chi connectivity index (χ3n) is 10.6. The van der Waals surface area contributed by atoms with Crippen molar-refractivity contribution >= 4 is 39.1 Å². The molecule has 2 aliphatic carbocycles. The van der Waals surface area contributed by atoms with Gasteiger partial charge in [0.1, 0.15) is 15.7 Å². The van der Waals surface area contributed by atoms with E-state index in [2.05, 4.69) is 32.2 Å². The van der Waals surface area contributed by atoms with Crippen molar-refractivity contribution in [2.75, 3.05) is 51.1 Å². The lowest BCUT2D eigenvalue weighted by molar-refractivity contribution is -0.00648. The zero-order valence-electron chi connectivity index (χ0n) is 27.0. The number of aryl methyl sites for hydroxylation is 1. The van der Waals surface area contributed by atoms with Gasteiger partial charge in [-0.25, -0.2) is 9.00 Å². The number of hydrogen-bond acceptors (Lipinski definition) is 7. The van der Waals surface area contributed by atoms with Crippen molar-refractivity contribution in [2.24, 2.45) is 22.1 Å². The maximum absolute atomic E-state index is 14.5. The summed E-state index contributed by atoms with van der Waals surface area (Å²) in [7, 11) is -0.145. The lowest BCUT2D eigenvalue weighted by atomic mass is 9.65. The lowest BCUT2D eigenvalue weighted by Crippen LogP contribution is -2.58. The quantitative estimate of drug-likeness (QED) is 0.418. The Bertz CT molecular complexity index is 1700. The van der Waals surface area contributed by atoms with Crippen molar-refractivity contribution < 1.29 is 28.0 Å². The van der Waals surface area contributed by atoms with E-state index < -0.39 is 21.9 Å². The van der Waals surface area contributed by atoms with E-state index in [1.165, 1.54) is 16.0 Å². The van der Waals surface area contributed by atoms with Crippen LogP contribution in [0, 0.1) is 17.8 Å². The Morgan fingerprint density at radius 2 is 1.91 bits per heavy atom. The molecule has 3 aliphatic heterocycles. The van der Waals surface area contributed by atoms with Gasteiger partial charge in [-0.15, -0.1) is 4.36 Å². The zero-order chi connectivity index (χ0) is 32.7. The van der Waals surface area contributed by atoms with Crippen molar-refractivity contribution in [2.45, 2.75) is 57.3 Å². The van der Waals surface area contributed by atoms with Crippen molar-refractivity contribution in [3.63, 3.8) is 0 Å². The zero-order valence-corrected chi connectivity index (χ0v) is 28.6. The SMILES string of the molecule is COC1CN(C(=O)NS2(=O)=NC(=O)c3ccc4c(c3)N(Cc3ccc(Cl)cc3CCCCO4)C[C@@H]3CC[C@H]3[C@@H](OC)C3=CC[C@@H]3C2)C1. The fourth-order valence-corrected chi connectivity index (χ4v) is 9.61. The number of halogens is 1. The second-order valence-corrected chi connectivity index (χ2v) is 15.9. The Kier molecular flexibility index (Phi) is 9.25. The van der Waals surface area contributed by atoms with Gasteiger partial charge < -0.3 is 24.0 Å². The molecule has 5 aliphatic rings. The molecule has 2 aromatic carbocycles. The number of fused-ring (bicyclic) bond motifs is 4. The van der Waals surface area contributed by atoms with Crippen LogP contribution in [0.15, 0.2) is 52.4 Å². The van der Waals surface area contributed by atoms with Crippen LogP contribution in [0.1, 0.15) is 53.6 Å². The van der Waals surface area contributed by atoms with E-state index in [0.29, 0.717) is 49.9 Å². The second kappa shape index (κ2) is 13.4. The molecule has 2 aromatic rings. The van der Waals surface area contributed by atoms with Gasteiger partial charge in [-0.3, -0.25) is 9.52 Å². The van der Waals surface area contributed by atoms with Crippen LogP contribution in [0.4, 0.5) is 10.5 Å². The van der Waals surface area contributed by atoms with E-state index in [1.54, 1.807) is 20.3 Å². The van der Waals surface area contributed by atoms with Crippen LogP contribution in [0.5, 0.6) is 5.75 Å². The molecule has 252 valence electrons. The fraction of sp³-hybridized carbons (Fsp3) is 0.543. The summed E-state index contributed by atoms with van der Waals surface area (Å²) in [6.45, 7) is 2.72. The number of rotatable bonds is 3. The normalized spacial score (nSPS) is 29.3. The first-order valence-corrected chi connectivity index (χ1v) is 18.7. The molecule has 1 saturated carbocycles. The summed E-state index contributed by atoms with van der Waals surface area (Å²) >= 11 is 6.45. The first-order chi connectivity index (χ1) is 22.7. The van der Waals surface area contributed by atoms with Crippen molar-refractivity contribution in [3.8, 4) is 5.75 Å². The van der Waals surface area contributed by atoms with Crippen molar-refractivity contribution in [1.29, 1.82) is 0 Å². The van der Waals surface area contributed by atoms with Crippen LogP contribution >= 0.6 is 11.6 Å². The number of ether oxygens (including phenoxy) is 3. The first-order valence-electron chi connectivity index (χ1n) is 16.6. The monoisotopic (exact) mass is 682 g/mol. The predicted molar refractivity (Wildman–Crippen MR) is 181 cm³/mol. The summed E-state index contributed by atoms with van der Waals surface area (Å²) in [5, 5.41) is 0.722. The number of carbonyl (C=O) groups is 2. The number of anilines is 1. The minimum atomic E-state index is -3.49. The molecule has 7 rings (SSSR count). The molecule has 2 bridgehead atoms. The Hall–Kier alpha value is -3.12. The summed E-state index contributed by atoms with van der Waals surface area (Å²) < 4.78 is 39.3.